The van der Waals surface area contributed by atoms with Crippen molar-refractivity contribution in [2.45, 2.75) is 59.7 Å². The van der Waals surface area contributed by atoms with E-state index in [0.717, 1.165) is 16.7 Å². The van der Waals surface area contributed by atoms with Crippen molar-refractivity contribution in [3.05, 3.63) is 64.2 Å². The fourth-order valence-electron chi connectivity index (χ4n) is 3.11. The summed E-state index contributed by atoms with van der Waals surface area (Å²) < 4.78 is 5.75. The molecule has 1 unspecified atom stereocenters. The Morgan fingerprint density at radius 3 is 2.27 bits per heavy atom. The largest absolute Gasteiger partial charge is 0.484 e. The van der Waals surface area contributed by atoms with Gasteiger partial charge in [-0.3, -0.25) is 9.59 Å². The lowest BCUT2D eigenvalue weighted by Crippen LogP contribution is -2.53. The van der Waals surface area contributed by atoms with Crippen molar-refractivity contribution in [1.82, 2.24) is 10.2 Å². The van der Waals surface area contributed by atoms with Gasteiger partial charge in [-0.2, -0.15) is 0 Å². The lowest BCUT2D eigenvalue weighted by atomic mass is 10.1. The van der Waals surface area contributed by atoms with E-state index in [1.165, 1.54) is 4.90 Å². The number of hydrogen-bond donors (Lipinski definition) is 1. The van der Waals surface area contributed by atoms with Crippen LogP contribution in [0.5, 0.6) is 5.75 Å². The zero-order chi connectivity index (χ0) is 22.5. The Kier molecular flexibility index (Phi) is 7.90. The molecule has 2 amide bonds. The first-order chi connectivity index (χ1) is 14.0. The molecule has 1 N–H and O–H groups in total. The van der Waals surface area contributed by atoms with E-state index in [9.17, 15) is 9.59 Å². The highest BCUT2D eigenvalue weighted by atomic mass is 35.5. The number of halogens is 1. The van der Waals surface area contributed by atoms with Crippen molar-refractivity contribution >= 4 is 23.4 Å². The fraction of sp³-hybridized carbons (Fsp3) is 0.417. The molecule has 0 radical (unpaired) electrons. The van der Waals surface area contributed by atoms with Gasteiger partial charge in [-0.05, 0) is 76.4 Å². The molecule has 2 aromatic carbocycles. The Labute approximate surface area is 184 Å². The molecule has 0 aromatic heterocycles. The van der Waals surface area contributed by atoms with Gasteiger partial charge in [-0.15, -0.1) is 0 Å². The molecule has 5 nitrogen and oxygen atoms in total. The molecule has 0 aliphatic heterocycles. The monoisotopic (exact) mass is 430 g/mol. The van der Waals surface area contributed by atoms with Gasteiger partial charge >= 0.3 is 0 Å². The predicted molar refractivity (Wildman–Crippen MR) is 121 cm³/mol. The topological polar surface area (TPSA) is 58.6 Å². The standard InChI is InChI=1S/C24H31ClN2O3/c1-16-11-17(2)13-20(12-16)30-15-22(28)27(14-19-9-7-8-10-21(19)25)18(3)23(29)26-24(4,5)6/h7-13,18H,14-15H2,1-6H3,(H,26,29). The average molecular weight is 431 g/mol. The van der Waals surface area contributed by atoms with Crippen molar-refractivity contribution < 1.29 is 14.3 Å². The van der Waals surface area contributed by atoms with Crippen LogP contribution in [0.3, 0.4) is 0 Å². The number of amides is 2. The van der Waals surface area contributed by atoms with Crippen LogP contribution in [0.1, 0.15) is 44.4 Å². The molecule has 2 rings (SSSR count). The van der Waals surface area contributed by atoms with E-state index in [-0.39, 0.29) is 25.0 Å². The molecule has 2 aromatic rings. The van der Waals surface area contributed by atoms with Crippen LogP contribution in [-0.4, -0.2) is 34.9 Å². The molecule has 0 bridgehead atoms. The van der Waals surface area contributed by atoms with Crippen LogP contribution >= 0.6 is 11.6 Å². The van der Waals surface area contributed by atoms with Gasteiger partial charge < -0.3 is 15.0 Å². The van der Waals surface area contributed by atoms with Gasteiger partial charge in [0.15, 0.2) is 6.61 Å². The van der Waals surface area contributed by atoms with E-state index in [1.807, 2.05) is 71.0 Å². The van der Waals surface area contributed by atoms with Crippen LogP contribution < -0.4 is 10.1 Å². The van der Waals surface area contributed by atoms with Gasteiger partial charge in [-0.1, -0.05) is 35.9 Å². The summed E-state index contributed by atoms with van der Waals surface area (Å²) in [5.74, 6) is 0.116. The highest BCUT2D eigenvalue weighted by Gasteiger charge is 2.29. The highest BCUT2D eigenvalue weighted by molar-refractivity contribution is 6.31. The summed E-state index contributed by atoms with van der Waals surface area (Å²) in [4.78, 5) is 27.4. The molecule has 1 atom stereocenters. The molecular formula is C24H31ClN2O3. The molecule has 30 heavy (non-hydrogen) atoms. The number of hydrogen-bond acceptors (Lipinski definition) is 3. The molecule has 6 heteroatoms. The van der Waals surface area contributed by atoms with Crippen LogP contribution in [0.2, 0.25) is 5.02 Å². The molecular weight excluding hydrogens is 400 g/mol. The van der Waals surface area contributed by atoms with Crippen molar-refractivity contribution in [2.24, 2.45) is 0 Å². The van der Waals surface area contributed by atoms with Crippen molar-refractivity contribution in [3.63, 3.8) is 0 Å². The maximum Gasteiger partial charge on any atom is 0.261 e. The number of carbonyl (C=O) groups is 2. The minimum Gasteiger partial charge on any atom is -0.484 e. The first kappa shape index (κ1) is 23.7. The average Bonchev–Trinajstić information content (AvgIpc) is 2.63. The van der Waals surface area contributed by atoms with Gasteiger partial charge in [0.25, 0.3) is 5.91 Å². The summed E-state index contributed by atoms with van der Waals surface area (Å²) in [5.41, 5.74) is 2.49. The van der Waals surface area contributed by atoms with Crippen LogP contribution in [0.25, 0.3) is 0 Å². The van der Waals surface area contributed by atoms with Crippen LogP contribution in [-0.2, 0) is 16.1 Å². The molecule has 0 fully saturated rings. The molecule has 0 saturated carbocycles. The lowest BCUT2D eigenvalue weighted by Gasteiger charge is -2.31. The second-order valence-corrected chi connectivity index (χ2v) is 9.05. The maximum atomic E-state index is 13.1. The third kappa shape index (κ3) is 7.06. The molecule has 0 heterocycles. The number of ether oxygens (including phenoxy) is 1. The maximum absolute atomic E-state index is 13.1. The first-order valence-electron chi connectivity index (χ1n) is 10.0. The molecule has 0 aliphatic carbocycles. The van der Waals surface area contributed by atoms with Gasteiger partial charge in [-0.25, -0.2) is 0 Å². The van der Waals surface area contributed by atoms with Gasteiger partial charge in [0, 0.05) is 17.1 Å². The lowest BCUT2D eigenvalue weighted by molar-refractivity contribution is -0.142. The SMILES string of the molecule is Cc1cc(C)cc(OCC(=O)N(Cc2ccccc2Cl)C(C)C(=O)NC(C)(C)C)c1. The Hall–Kier alpha value is -2.53. The van der Waals surface area contributed by atoms with Crippen LogP contribution in [0, 0.1) is 13.8 Å². The Balaban J connectivity index is 2.21. The third-order valence-electron chi connectivity index (χ3n) is 4.52. The van der Waals surface area contributed by atoms with Gasteiger partial charge in [0.2, 0.25) is 5.91 Å². The number of aryl methyl sites for hydroxylation is 2. The second kappa shape index (κ2) is 9.98. The van der Waals surface area contributed by atoms with Crippen molar-refractivity contribution in [2.75, 3.05) is 6.61 Å². The Morgan fingerprint density at radius 1 is 1.10 bits per heavy atom. The summed E-state index contributed by atoms with van der Waals surface area (Å²) in [6.45, 7) is 11.4. The summed E-state index contributed by atoms with van der Waals surface area (Å²) in [6.07, 6.45) is 0. The van der Waals surface area contributed by atoms with E-state index in [0.29, 0.717) is 10.8 Å². The molecule has 162 valence electrons. The second-order valence-electron chi connectivity index (χ2n) is 8.64. The van der Waals surface area contributed by atoms with E-state index in [4.69, 9.17) is 16.3 Å². The van der Waals surface area contributed by atoms with Crippen molar-refractivity contribution in [1.29, 1.82) is 0 Å². The fourth-order valence-corrected chi connectivity index (χ4v) is 3.31. The summed E-state index contributed by atoms with van der Waals surface area (Å²) in [5, 5.41) is 3.49. The Bertz CT molecular complexity index is 885. The number of rotatable bonds is 7. The van der Waals surface area contributed by atoms with E-state index in [1.54, 1.807) is 13.0 Å². The van der Waals surface area contributed by atoms with Crippen LogP contribution in [0.4, 0.5) is 0 Å². The quantitative estimate of drug-likeness (QED) is 0.694. The van der Waals surface area contributed by atoms with Gasteiger partial charge in [0.1, 0.15) is 11.8 Å². The molecule has 0 spiro atoms. The zero-order valence-electron chi connectivity index (χ0n) is 18.6. The number of carbonyl (C=O) groups excluding carboxylic acids is 2. The first-order valence-corrected chi connectivity index (χ1v) is 10.4. The summed E-state index contributed by atoms with van der Waals surface area (Å²) in [6, 6.07) is 12.4. The number of nitrogens with zero attached hydrogens (tertiary/aromatic N) is 1. The molecule has 0 saturated heterocycles. The predicted octanol–water partition coefficient (Wildman–Crippen LogP) is 4.67. The van der Waals surface area contributed by atoms with Crippen LogP contribution in [0.15, 0.2) is 42.5 Å². The van der Waals surface area contributed by atoms with E-state index in [2.05, 4.69) is 5.32 Å². The number of benzene rings is 2. The molecule has 0 aliphatic rings. The normalized spacial score (nSPS) is 12.2. The zero-order valence-corrected chi connectivity index (χ0v) is 19.3. The smallest absolute Gasteiger partial charge is 0.261 e. The number of nitrogens with one attached hydrogen (secondary N) is 1. The minimum atomic E-state index is -0.684. The van der Waals surface area contributed by atoms with E-state index >= 15 is 0 Å². The minimum absolute atomic E-state index is 0.166. The van der Waals surface area contributed by atoms with Gasteiger partial charge in [0.05, 0.1) is 0 Å². The third-order valence-corrected chi connectivity index (χ3v) is 4.89. The van der Waals surface area contributed by atoms with E-state index < -0.39 is 11.6 Å². The van der Waals surface area contributed by atoms with Crippen molar-refractivity contribution in [3.8, 4) is 5.75 Å². The highest BCUT2D eigenvalue weighted by Crippen LogP contribution is 2.20. The summed E-state index contributed by atoms with van der Waals surface area (Å²) in [7, 11) is 0. The summed E-state index contributed by atoms with van der Waals surface area (Å²) >= 11 is 6.30. The Morgan fingerprint density at radius 2 is 1.70 bits per heavy atom.